The lowest BCUT2D eigenvalue weighted by Gasteiger charge is -2.27. The van der Waals surface area contributed by atoms with E-state index in [-0.39, 0.29) is 31.5 Å². The van der Waals surface area contributed by atoms with Gasteiger partial charge in [0.1, 0.15) is 19.3 Å². The molecule has 0 aliphatic heterocycles. The average molecular weight is 1100 g/mol. The van der Waals surface area contributed by atoms with Crippen molar-refractivity contribution < 1.29 is 37.3 Å². The Bertz CT molecular complexity index is 1590. The predicted molar refractivity (Wildman–Crippen MR) is 332 cm³/mol. The smallest absolute Gasteiger partial charge is 0.456 e. The zero-order chi connectivity index (χ0) is 56.4. The zero-order valence-corrected chi connectivity index (χ0v) is 51.8. The fourth-order valence-corrected chi connectivity index (χ4v) is 9.57. The second-order valence-corrected chi connectivity index (χ2v) is 24.0. The Morgan fingerprint density at radius 2 is 0.792 bits per heavy atom. The van der Waals surface area contributed by atoms with Crippen molar-refractivity contribution in [3.63, 3.8) is 0 Å². The van der Waals surface area contributed by atoms with Crippen LogP contribution in [-0.4, -0.2) is 74.3 Å². The molecule has 1 amide bonds. The van der Waals surface area contributed by atoms with E-state index in [1.54, 1.807) is 0 Å². The summed E-state index contributed by atoms with van der Waals surface area (Å²) in [4.78, 5) is 37.7. The molecule has 446 valence electrons. The molecule has 0 aromatic carbocycles. The Kier molecular flexibility index (Phi) is 54.4. The van der Waals surface area contributed by atoms with Crippen molar-refractivity contribution in [3.05, 3.63) is 85.1 Å². The average Bonchev–Trinajstić information content (AvgIpc) is 3.39. The van der Waals surface area contributed by atoms with E-state index in [0.29, 0.717) is 17.4 Å². The van der Waals surface area contributed by atoms with Gasteiger partial charge in [0.2, 0.25) is 5.91 Å². The highest BCUT2D eigenvalue weighted by Gasteiger charge is 2.30. The standard InChI is InChI=1S/C67H121N2O7P/c1-7-10-13-16-19-22-25-27-29-31-33-34-36-38-40-42-45-48-51-54-57-60-67(71)76-65(58-55-52-49-46-43-24-21-18-15-12-9-3)64(63-75-77(72,73)74-62-61-69(4,5)6)68-66(70)59-56-53-50-47-44-41-39-37-35-32-30-28-26-23-20-17-14-11-8-2/h19-20,22-23,27-30,33-35,37,55,58,64-65H,7-18,21,24-26,31-32,36,38-54,56-57,59-63H2,1-6H3,(H-,68,70,72,73)/p+1/b22-19-,23-20-,29-27-,30-28-,34-33-,37-35-,58-55+. The van der Waals surface area contributed by atoms with Crippen LogP contribution in [-0.2, 0) is 27.9 Å². The molecule has 3 atom stereocenters. The second-order valence-electron chi connectivity index (χ2n) is 22.6. The molecule has 0 saturated heterocycles. The molecule has 0 aliphatic carbocycles. The van der Waals surface area contributed by atoms with Crippen LogP contribution in [0.4, 0.5) is 0 Å². The summed E-state index contributed by atoms with van der Waals surface area (Å²) in [6, 6.07) is -0.862. The summed E-state index contributed by atoms with van der Waals surface area (Å²) >= 11 is 0. The van der Waals surface area contributed by atoms with Gasteiger partial charge < -0.3 is 19.4 Å². The van der Waals surface area contributed by atoms with Gasteiger partial charge in [0.05, 0.1) is 33.8 Å². The number of quaternary nitrogens is 1. The Labute approximate surface area is 476 Å². The third kappa shape index (κ3) is 57.7. The number of carbonyl (C=O) groups excluding carboxylic acids is 2. The molecule has 77 heavy (non-hydrogen) atoms. The molecule has 0 spiro atoms. The van der Waals surface area contributed by atoms with Crippen molar-refractivity contribution in [2.45, 2.75) is 290 Å². The normalized spacial score (nSPS) is 14.2. The van der Waals surface area contributed by atoms with Crippen LogP contribution in [0, 0.1) is 0 Å². The highest BCUT2D eigenvalue weighted by atomic mass is 31.2. The van der Waals surface area contributed by atoms with E-state index in [9.17, 15) is 19.0 Å². The van der Waals surface area contributed by atoms with Gasteiger partial charge in [-0.2, -0.15) is 0 Å². The number of nitrogens with zero attached hydrogens (tertiary/aromatic N) is 1. The van der Waals surface area contributed by atoms with Gasteiger partial charge in [-0.15, -0.1) is 0 Å². The molecule has 0 radical (unpaired) electrons. The first-order chi connectivity index (χ1) is 37.4. The van der Waals surface area contributed by atoms with Gasteiger partial charge in [0.15, 0.2) is 0 Å². The molecule has 0 aromatic heterocycles. The number of hydrogen-bond acceptors (Lipinski definition) is 6. The number of rotatable bonds is 57. The lowest BCUT2D eigenvalue weighted by Crippen LogP contribution is -2.47. The topological polar surface area (TPSA) is 111 Å². The third-order valence-electron chi connectivity index (χ3n) is 13.8. The van der Waals surface area contributed by atoms with Gasteiger partial charge >= 0.3 is 13.8 Å². The van der Waals surface area contributed by atoms with Crippen LogP contribution in [0.5, 0.6) is 0 Å². The van der Waals surface area contributed by atoms with E-state index in [4.69, 9.17) is 13.8 Å². The molecule has 3 unspecified atom stereocenters. The quantitative estimate of drug-likeness (QED) is 0.0205. The van der Waals surface area contributed by atoms with E-state index >= 15 is 0 Å². The number of phosphoric acid groups is 1. The van der Waals surface area contributed by atoms with Gasteiger partial charge in [-0.05, 0) is 109 Å². The molecular formula is C67H122N2O7P+. The van der Waals surface area contributed by atoms with Crippen molar-refractivity contribution in [3.8, 4) is 0 Å². The summed E-state index contributed by atoms with van der Waals surface area (Å²) in [6.45, 7) is 6.94. The van der Waals surface area contributed by atoms with Crippen LogP contribution in [0.3, 0.4) is 0 Å². The molecule has 2 N–H and O–H groups in total. The van der Waals surface area contributed by atoms with Crippen LogP contribution in [0.2, 0.25) is 0 Å². The number of nitrogens with one attached hydrogen (secondary N) is 1. The number of carbonyl (C=O) groups is 2. The maximum atomic E-state index is 13.5. The lowest BCUT2D eigenvalue weighted by atomic mass is 10.1. The maximum absolute atomic E-state index is 13.5. The minimum absolute atomic E-state index is 0.0328. The first-order valence-electron chi connectivity index (χ1n) is 31.9. The number of hydrogen-bond donors (Lipinski definition) is 2. The fraction of sp³-hybridized carbons (Fsp3) is 0.761. The molecule has 9 nitrogen and oxygen atoms in total. The highest BCUT2D eigenvalue weighted by molar-refractivity contribution is 7.47. The van der Waals surface area contributed by atoms with E-state index < -0.39 is 20.0 Å². The van der Waals surface area contributed by atoms with Gasteiger partial charge in [-0.3, -0.25) is 18.6 Å². The first kappa shape index (κ1) is 74.2. The summed E-state index contributed by atoms with van der Waals surface area (Å²) in [7, 11) is 1.48. The number of allylic oxidation sites excluding steroid dienone is 13. The fourth-order valence-electron chi connectivity index (χ4n) is 8.84. The molecule has 0 rings (SSSR count). The van der Waals surface area contributed by atoms with Crippen molar-refractivity contribution in [1.82, 2.24) is 5.32 Å². The molecule has 0 saturated carbocycles. The Hall–Kier alpha value is -2.81. The van der Waals surface area contributed by atoms with Gasteiger partial charge in [-0.1, -0.05) is 241 Å². The second kappa shape index (κ2) is 56.5. The number of likely N-dealkylation sites (N-methyl/N-ethyl adjacent to an activating group) is 1. The Balaban J connectivity index is 5.23. The molecule has 0 bridgehead atoms. The van der Waals surface area contributed by atoms with Gasteiger partial charge in [-0.25, -0.2) is 4.57 Å². The molecule has 0 heterocycles. The van der Waals surface area contributed by atoms with E-state index in [0.717, 1.165) is 109 Å². The van der Waals surface area contributed by atoms with Crippen LogP contribution in [0.25, 0.3) is 0 Å². The monoisotopic (exact) mass is 1100 g/mol. The highest BCUT2D eigenvalue weighted by Crippen LogP contribution is 2.43. The minimum atomic E-state index is -4.46. The largest absolute Gasteiger partial charge is 0.472 e. The SMILES string of the molecule is CCCCC/C=C\C/C=C\C/C=C\CCCCCCCCCCC(=O)OC(/C=C/CCCCCCCCCCC)C(COP(=O)(O)OCC[N+](C)(C)C)NC(=O)CCCCCCCC/C=C\C/C=C\C/C=C\CCCCC. The van der Waals surface area contributed by atoms with Crippen molar-refractivity contribution in [2.24, 2.45) is 0 Å². The summed E-state index contributed by atoms with van der Waals surface area (Å²) < 4.78 is 30.7. The summed E-state index contributed by atoms with van der Waals surface area (Å²) in [5, 5.41) is 3.05. The number of ether oxygens (including phenoxy) is 1. The summed E-state index contributed by atoms with van der Waals surface area (Å²) in [5.41, 5.74) is 0. The maximum Gasteiger partial charge on any atom is 0.472 e. The Morgan fingerprint density at radius 3 is 1.21 bits per heavy atom. The van der Waals surface area contributed by atoms with Crippen molar-refractivity contribution in [1.29, 1.82) is 0 Å². The molecule has 0 fully saturated rings. The van der Waals surface area contributed by atoms with Crippen LogP contribution in [0.15, 0.2) is 85.1 Å². The van der Waals surface area contributed by atoms with Crippen LogP contribution >= 0.6 is 7.82 Å². The predicted octanol–water partition coefficient (Wildman–Crippen LogP) is 19.8. The van der Waals surface area contributed by atoms with Crippen molar-refractivity contribution in [2.75, 3.05) is 40.9 Å². The molecular weight excluding hydrogens is 976 g/mol. The summed E-state index contributed by atoms with van der Waals surface area (Å²) in [6.07, 6.45) is 74.3. The van der Waals surface area contributed by atoms with Gasteiger partial charge in [0.25, 0.3) is 0 Å². The lowest BCUT2D eigenvalue weighted by molar-refractivity contribution is -0.870. The number of unbranched alkanes of at least 4 members (excludes halogenated alkanes) is 29. The Morgan fingerprint density at radius 1 is 0.455 bits per heavy atom. The molecule has 0 aliphatic rings. The molecule has 0 aromatic rings. The van der Waals surface area contributed by atoms with Crippen LogP contribution < -0.4 is 5.32 Å². The third-order valence-corrected chi connectivity index (χ3v) is 14.8. The van der Waals surface area contributed by atoms with Crippen LogP contribution in [0.1, 0.15) is 278 Å². The molecule has 10 heteroatoms. The van der Waals surface area contributed by atoms with Gasteiger partial charge in [0, 0.05) is 12.8 Å². The number of phosphoric ester groups is 1. The van der Waals surface area contributed by atoms with E-state index in [2.05, 4.69) is 99.0 Å². The number of esters is 1. The van der Waals surface area contributed by atoms with E-state index in [1.165, 1.54) is 135 Å². The first-order valence-corrected chi connectivity index (χ1v) is 33.4. The minimum Gasteiger partial charge on any atom is -0.456 e. The number of amides is 1. The van der Waals surface area contributed by atoms with E-state index in [1.807, 2.05) is 33.3 Å². The summed E-state index contributed by atoms with van der Waals surface area (Å²) in [5.74, 6) is -0.528. The van der Waals surface area contributed by atoms with Crippen molar-refractivity contribution >= 4 is 19.7 Å². The zero-order valence-electron chi connectivity index (χ0n) is 50.9.